The van der Waals surface area contributed by atoms with E-state index in [4.69, 9.17) is 0 Å². The second-order valence-electron chi connectivity index (χ2n) is 9.08. The lowest BCUT2D eigenvalue weighted by atomic mass is 9.69. The van der Waals surface area contributed by atoms with E-state index in [9.17, 15) is 9.59 Å². The number of hydrogen-bond donors (Lipinski definition) is 3. The Bertz CT molecular complexity index is 1160. The van der Waals surface area contributed by atoms with Crippen LogP contribution in [0, 0.1) is 0 Å². The van der Waals surface area contributed by atoms with Gasteiger partial charge in [-0.2, -0.15) is 0 Å². The fourth-order valence-corrected chi connectivity index (χ4v) is 5.08. The number of aromatic nitrogens is 2. The summed E-state index contributed by atoms with van der Waals surface area (Å²) in [4.78, 5) is 35.4. The van der Waals surface area contributed by atoms with Crippen LogP contribution in [0.25, 0.3) is 0 Å². The van der Waals surface area contributed by atoms with Crippen molar-refractivity contribution in [1.29, 1.82) is 0 Å². The molecule has 0 radical (unpaired) electrons. The van der Waals surface area contributed by atoms with Gasteiger partial charge >= 0.3 is 6.03 Å². The molecule has 1 aliphatic heterocycles. The Balaban J connectivity index is 1.25. The zero-order chi connectivity index (χ0) is 23.6. The molecule has 2 aliphatic rings. The van der Waals surface area contributed by atoms with E-state index in [-0.39, 0.29) is 29.0 Å². The topological polar surface area (TPSA) is 99.2 Å². The van der Waals surface area contributed by atoms with Crippen LogP contribution >= 0.6 is 0 Å². The minimum absolute atomic E-state index is 0.0770. The average Bonchev–Trinajstić information content (AvgIpc) is 3.22. The Morgan fingerprint density at radius 1 is 0.941 bits per heavy atom. The molecule has 0 bridgehead atoms. The van der Waals surface area contributed by atoms with Gasteiger partial charge in [0.15, 0.2) is 0 Å². The number of nitrogens with zero attached hydrogens (tertiary/aromatic N) is 3. The number of hydrogen-bond acceptors (Lipinski definition) is 5. The van der Waals surface area contributed by atoms with Gasteiger partial charge in [-0.05, 0) is 50.4 Å². The number of benzene rings is 2. The second kappa shape index (κ2) is 8.87. The molecule has 1 saturated heterocycles. The summed E-state index contributed by atoms with van der Waals surface area (Å²) < 4.78 is 0. The molecule has 5 rings (SSSR count). The van der Waals surface area contributed by atoms with Gasteiger partial charge in [-0.1, -0.05) is 48.5 Å². The zero-order valence-electron chi connectivity index (χ0n) is 19.1. The van der Waals surface area contributed by atoms with E-state index in [2.05, 4.69) is 50.2 Å². The Labute approximate surface area is 198 Å². The lowest BCUT2D eigenvalue weighted by molar-refractivity contribution is 0.102. The molecule has 0 unspecified atom stereocenters. The van der Waals surface area contributed by atoms with Gasteiger partial charge in [0.1, 0.15) is 0 Å². The average molecular weight is 457 g/mol. The predicted octanol–water partition coefficient (Wildman–Crippen LogP) is 3.69. The Morgan fingerprint density at radius 2 is 1.56 bits per heavy atom. The van der Waals surface area contributed by atoms with E-state index in [1.165, 1.54) is 5.56 Å². The van der Waals surface area contributed by atoms with Crippen molar-refractivity contribution in [3.63, 3.8) is 0 Å². The third-order valence-electron chi connectivity index (χ3n) is 7.15. The molecule has 34 heavy (non-hydrogen) atoms. The van der Waals surface area contributed by atoms with Gasteiger partial charge < -0.3 is 10.6 Å². The lowest BCUT2D eigenvalue weighted by Crippen LogP contribution is -2.53. The van der Waals surface area contributed by atoms with Gasteiger partial charge in [0.25, 0.3) is 5.91 Å². The van der Waals surface area contributed by atoms with Crippen LogP contribution in [0.1, 0.15) is 41.6 Å². The van der Waals surface area contributed by atoms with Crippen molar-refractivity contribution in [3.8, 4) is 0 Å². The van der Waals surface area contributed by atoms with E-state index in [1.807, 2.05) is 19.2 Å². The van der Waals surface area contributed by atoms with Crippen LogP contribution < -0.4 is 20.9 Å². The minimum atomic E-state index is -0.278. The van der Waals surface area contributed by atoms with Gasteiger partial charge in [0, 0.05) is 11.1 Å². The smallest absolute Gasteiger partial charge is 0.322 e. The highest BCUT2D eigenvalue weighted by atomic mass is 16.2. The van der Waals surface area contributed by atoms with Crippen molar-refractivity contribution in [2.24, 2.45) is 0 Å². The molecule has 3 aromatic rings. The van der Waals surface area contributed by atoms with Crippen LogP contribution in [0.15, 0.2) is 73.1 Å². The Kier molecular flexibility index (Phi) is 5.75. The van der Waals surface area contributed by atoms with Gasteiger partial charge in [-0.3, -0.25) is 15.0 Å². The van der Waals surface area contributed by atoms with Crippen LogP contribution in [0.2, 0.25) is 0 Å². The van der Waals surface area contributed by atoms with Crippen LogP contribution in [0.5, 0.6) is 0 Å². The fraction of sp³-hybridized carbons (Fsp3) is 0.308. The summed E-state index contributed by atoms with van der Waals surface area (Å²) in [6.07, 6.45) is 6.77. The minimum Gasteiger partial charge on any atom is -0.330 e. The maximum Gasteiger partial charge on any atom is 0.322 e. The highest BCUT2D eigenvalue weighted by Gasteiger charge is 2.49. The third-order valence-corrected chi connectivity index (χ3v) is 7.15. The van der Waals surface area contributed by atoms with Crippen molar-refractivity contribution in [2.75, 3.05) is 23.8 Å². The molecule has 8 heteroatoms. The molecule has 1 spiro atoms. The van der Waals surface area contributed by atoms with E-state index >= 15 is 0 Å². The van der Waals surface area contributed by atoms with E-state index < -0.39 is 0 Å². The molecular weight excluding hydrogens is 428 g/mol. The summed E-state index contributed by atoms with van der Waals surface area (Å²) in [5, 5.41) is 9.47. The number of carbonyl (C=O) groups excluding carboxylic acids is 2. The summed E-state index contributed by atoms with van der Waals surface area (Å²) in [5.74, 6) is -0.0777. The Morgan fingerprint density at radius 3 is 2.18 bits per heavy atom. The molecule has 3 N–H and O–H groups in total. The SMILES string of the molecule is CNC1(c2ccccc2)CCC2(CC1)CN(c1cnc(NC(=O)c3ccccc3)nc1)C(=O)N2. The highest BCUT2D eigenvalue weighted by Crippen LogP contribution is 2.43. The maximum absolute atomic E-state index is 12.9. The predicted molar refractivity (Wildman–Crippen MR) is 131 cm³/mol. The summed E-state index contributed by atoms with van der Waals surface area (Å²) in [6, 6.07) is 19.3. The van der Waals surface area contributed by atoms with Crippen molar-refractivity contribution < 1.29 is 9.59 Å². The monoisotopic (exact) mass is 456 g/mol. The van der Waals surface area contributed by atoms with Gasteiger partial charge in [-0.25, -0.2) is 14.8 Å². The molecule has 174 valence electrons. The van der Waals surface area contributed by atoms with E-state index in [0.717, 1.165) is 25.7 Å². The number of carbonyl (C=O) groups is 2. The number of nitrogens with one attached hydrogen (secondary N) is 3. The first kappa shape index (κ1) is 22.0. The third kappa shape index (κ3) is 4.12. The van der Waals surface area contributed by atoms with Crippen LogP contribution in [0.4, 0.5) is 16.4 Å². The van der Waals surface area contributed by atoms with Gasteiger partial charge in [0.05, 0.1) is 30.2 Å². The van der Waals surface area contributed by atoms with Gasteiger partial charge in [-0.15, -0.1) is 0 Å². The summed E-state index contributed by atoms with van der Waals surface area (Å²) >= 11 is 0. The molecular formula is C26H28N6O2. The molecule has 8 nitrogen and oxygen atoms in total. The van der Waals surface area contributed by atoms with Crippen molar-refractivity contribution in [2.45, 2.75) is 36.8 Å². The van der Waals surface area contributed by atoms with E-state index in [1.54, 1.807) is 41.6 Å². The lowest BCUT2D eigenvalue weighted by Gasteiger charge is -2.45. The number of amides is 3. The van der Waals surface area contributed by atoms with Crippen LogP contribution in [-0.4, -0.2) is 41.0 Å². The first-order valence-corrected chi connectivity index (χ1v) is 11.6. The van der Waals surface area contributed by atoms with Crippen molar-refractivity contribution in [1.82, 2.24) is 20.6 Å². The molecule has 2 heterocycles. The van der Waals surface area contributed by atoms with E-state index in [0.29, 0.717) is 17.8 Å². The molecule has 0 atom stereocenters. The standard InChI is InChI=1S/C26H28N6O2/c1-27-26(20-10-6-3-7-11-20)14-12-25(13-15-26)18-32(24(34)31-25)21-16-28-23(29-17-21)30-22(33)19-8-4-2-5-9-19/h2-11,16-17,27H,12-15,18H2,1H3,(H,31,34)(H,28,29,30,33). The summed E-state index contributed by atoms with van der Waals surface area (Å²) in [6.45, 7) is 0.569. The van der Waals surface area contributed by atoms with Gasteiger partial charge in [0.2, 0.25) is 5.95 Å². The first-order valence-electron chi connectivity index (χ1n) is 11.6. The highest BCUT2D eigenvalue weighted by molar-refractivity contribution is 6.03. The molecule has 1 aliphatic carbocycles. The molecule has 3 amide bonds. The normalized spacial score (nSPS) is 24.1. The summed E-state index contributed by atoms with van der Waals surface area (Å²) in [5.41, 5.74) is 2.08. The first-order chi connectivity index (χ1) is 16.5. The largest absolute Gasteiger partial charge is 0.330 e. The fourth-order valence-electron chi connectivity index (χ4n) is 5.08. The zero-order valence-corrected chi connectivity index (χ0v) is 19.1. The number of urea groups is 1. The number of anilines is 2. The van der Waals surface area contributed by atoms with Crippen molar-refractivity contribution in [3.05, 3.63) is 84.2 Å². The molecule has 1 saturated carbocycles. The second-order valence-corrected chi connectivity index (χ2v) is 9.08. The maximum atomic E-state index is 12.9. The number of rotatable bonds is 5. The van der Waals surface area contributed by atoms with Crippen molar-refractivity contribution >= 4 is 23.6 Å². The van der Waals surface area contributed by atoms with Crippen LogP contribution in [0.3, 0.4) is 0 Å². The quantitative estimate of drug-likeness (QED) is 0.544. The molecule has 2 fully saturated rings. The molecule has 1 aromatic heterocycles. The Hall–Kier alpha value is -3.78. The molecule has 2 aromatic carbocycles. The van der Waals surface area contributed by atoms with Crippen LogP contribution in [-0.2, 0) is 5.54 Å². The summed E-state index contributed by atoms with van der Waals surface area (Å²) in [7, 11) is 2.01.